The summed E-state index contributed by atoms with van der Waals surface area (Å²) in [5.41, 5.74) is 5.61. The van der Waals surface area contributed by atoms with Crippen molar-refractivity contribution in [2.45, 2.75) is 25.1 Å². The summed E-state index contributed by atoms with van der Waals surface area (Å²) in [7, 11) is 0. The molecule has 100 valence electrons. The van der Waals surface area contributed by atoms with Crippen molar-refractivity contribution in [3.8, 4) is 12.3 Å². The molecule has 0 spiro atoms. The van der Waals surface area contributed by atoms with E-state index in [9.17, 15) is 13.2 Å². The summed E-state index contributed by atoms with van der Waals surface area (Å²) in [6.07, 6.45) is 1.09. The predicted molar refractivity (Wildman–Crippen MR) is 55.3 cm³/mol. The lowest BCUT2D eigenvalue weighted by Gasteiger charge is -2.05. The summed E-state index contributed by atoms with van der Waals surface area (Å²) < 4.78 is 44.5. The van der Waals surface area contributed by atoms with Crippen molar-refractivity contribution in [3.05, 3.63) is 11.7 Å². The number of alkyl halides is 3. The van der Waals surface area contributed by atoms with Crippen molar-refractivity contribution in [1.29, 1.82) is 0 Å². The summed E-state index contributed by atoms with van der Waals surface area (Å²) in [4.78, 5) is 3.90. The van der Waals surface area contributed by atoms with Gasteiger partial charge in [0.2, 0.25) is 5.89 Å². The minimum atomic E-state index is -4.34. The van der Waals surface area contributed by atoms with Crippen LogP contribution in [-0.2, 0) is 11.2 Å². The number of hydrogen-bond acceptors (Lipinski definition) is 5. The standard InChI is InChI=1S/C10H12F3N3O2/c1-2-3-7(14)9-15-8(16-18-9)4-5-17-6-10(11,12)13/h1,7H,3-6,14H2. The number of halogens is 3. The number of ether oxygens (including phenoxy) is 1. The van der Waals surface area contributed by atoms with Gasteiger partial charge < -0.3 is 15.0 Å². The number of nitrogens with two attached hydrogens (primary N) is 1. The van der Waals surface area contributed by atoms with Crippen molar-refractivity contribution in [2.75, 3.05) is 13.2 Å². The van der Waals surface area contributed by atoms with E-state index in [1.54, 1.807) is 0 Å². The Kier molecular flexibility index (Phi) is 5.12. The highest BCUT2D eigenvalue weighted by molar-refractivity contribution is 4.98. The van der Waals surface area contributed by atoms with Crippen LogP contribution in [0.3, 0.4) is 0 Å². The molecule has 0 bridgehead atoms. The Morgan fingerprint density at radius 2 is 2.22 bits per heavy atom. The summed E-state index contributed by atoms with van der Waals surface area (Å²) in [5.74, 6) is 2.74. The van der Waals surface area contributed by atoms with Crippen LogP contribution in [0.2, 0.25) is 0 Å². The molecule has 0 aliphatic heterocycles. The first kappa shape index (κ1) is 14.5. The number of rotatable bonds is 6. The fourth-order valence-corrected chi connectivity index (χ4v) is 1.09. The molecule has 1 heterocycles. The van der Waals surface area contributed by atoms with Gasteiger partial charge in [0.05, 0.1) is 12.6 Å². The first-order valence-corrected chi connectivity index (χ1v) is 5.08. The lowest BCUT2D eigenvalue weighted by molar-refractivity contribution is -0.173. The molecule has 8 heteroatoms. The first-order valence-electron chi connectivity index (χ1n) is 5.08. The largest absolute Gasteiger partial charge is 0.411 e. The maximum atomic E-state index is 11.8. The van der Waals surface area contributed by atoms with Gasteiger partial charge in [-0.15, -0.1) is 12.3 Å². The van der Waals surface area contributed by atoms with Crippen LogP contribution < -0.4 is 5.73 Å². The van der Waals surface area contributed by atoms with Gasteiger partial charge >= 0.3 is 6.18 Å². The van der Waals surface area contributed by atoms with Gasteiger partial charge in [-0.2, -0.15) is 18.2 Å². The van der Waals surface area contributed by atoms with Gasteiger partial charge in [-0.1, -0.05) is 5.16 Å². The van der Waals surface area contributed by atoms with Crippen molar-refractivity contribution < 1.29 is 22.4 Å². The second-order valence-corrected chi connectivity index (χ2v) is 3.48. The molecule has 1 aromatic rings. The Balaban J connectivity index is 2.34. The molecule has 1 atom stereocenters. The van der Waals surface area contributed by atoms with Gasteiger partial charge in [0.25, 0.3) is 0 Å². The normalized spacial score (nSPS) is 13.3. The van der Waals surface area contributed by atoms with E-state index in [0.717, 1.165) is 0 Å². The zero-order valence-corrected chi connectivity index (χ0v) is 9.41. The Morgan fingerprint density at radius 1 is 1.50 bits per heavy atom. The molecule has 1 rings (SSSR count). The summed E-state index contributed by atoms with van der Waals surface area (Å²) in [5, 5.41) is 3.56. The lowest BCUT2D eigenvalue weighted by Crippen LogP contribution is -2.18. The zero-order valence-electron chi connectivity index (χ0n) is 9.41. The maximum absolute atomic E-state index is 11.8. The third-order valence-electron chi connectivity index (χ3n) is 1.87. The molecule has 0 saturated heterocycles. The van der Waals surface area contributed by atoms with Crippen LogP contribution in [0.4, 0.5) is 13.2 Å². The molecular weight excluding hydrogens is 251 g/mol. The van der Waals surface area contributed by atoms with Gasteiger partial charge in [0, 0.05) is 12.8 Å². The molecule has 0 radical (unpaired) electrons. The molecule has 0 aliphatic rings. The maximum Gasteiger partial charge on any atom is 0.411 e. The van der Waals surface area contributed by atoms with Gasteiger partial charge in [-0.05, 0) is 0 Å². The van der Waals surface area contributed by atoms with E-state index in [2.05, 4.69) is 20.8 Å². The molecule has 1 unspecified atom stereocenters. The van der Waals surface area contributed by atoms with E-state index in [1.807, 2.05) is 0 Å². The van der Waals surface area contributed by atoms with Crippen LogP contribution in [0.1, 0.15) is 24.2 Å². The Hall–Kier alpha value is -1.59. The minimum Gasteiger partial charge on any atom is -0.372 e. The molecule has 5 nitrogen and oxygen atoms in total. The van der Waals surface area contributed by atoms with Gasteiger partial charge in [-0.25, -0.2) is 0 Å². The van der Waals surface area contributed by atoms with Gasteiger partial charge in [0.15, 0.2) is 5.82 Å². The molecular formula is C10H12F3N3O2. The highest BCUT2D eigenvalue weighted by atomic mass is 19.4. The Bertz CT molecular complexity index is 411. The Labute approximate surface area is 101 Å². The fraction of sp³-hybridized carbons (Fsp3) is 0.600. The highest BCUT2D eigenvalue weighted by Gasteiger charge is 2.27. The minimum absolute atomic E-state index is 0.113. The van der Waals surface area contributed by atoms with Crippen molar-refractivity contribution in [3.63, 3.8) is 0 Å². The van der Waals surface area contributed by atoms with Crippen LogP contribution in [0.5, 0.6) is 0 Å². The van der Waals surface area contributed by atoms with E-state index < -0.39 is 18.8 Å². The SMILES string of the molecule is C#CCC(N)c1nc(CCOCC(F)(F)F)no1. The second kappa shape index (κ2) is 6.37. The monoisotopic (exact) mass is 263 g/mol. The number of terminal acetylenes is 1. The topological polar surface area (TPSA) is 74.2 Å². The zero-order chi connectivity index (χ0) is 13.6. The highest BCUT2D eigenvalue weighted by Crippen LogP contribution is 2.15. The predicted octanol–water partition coefficient (Wildman–Crippen LogP) is 1.21. The van der Waals surface area contributed by atoms with Crippen LogP contribution in [0.25, 0.3) is 0 Å². The molecule has 2 N–H and O–H groups in total. The molecule has 0 fully saturated rings. The van der Waals surface area contributed by atoms with Crippen LogP contribution in [-0.4, -0.2) is 29.5 Å². The lowest BCUT2D eigenvalue weighted by atomic mass is 10.2. The number of aromatic nitrogens is 2. The van der Waals surface area contributed by atoms with Crippen molar-refractivity contribution >= 4 is 0 Å². The molecule has 0 aliphatic carbocycles. The van der Waals surface area contributed by atoms with Crippen LogP contribution >= 0.6 is 0 Å². The fourth-order valence-electron chi connectivity index (χ4n) is 1.09. The van der Waals surface area contributed by atoms with Crippen LogP contribution in [0.15, 0.2) is 4.52 Å². The number of nitrogens with zero attached hydrogens (tertiary/aromatic N) is 2. The van der Waals surface area contributed by atoms with E-state index in [-0.39, 0.29) is 31.2 Å². The first-order chi connectivity index (χ1) is 8.42. The summed E-state index contributed by atoms with van der Waals surface area (Å²) in [6.45, 7) is -1.45. The van der Waals surface area contributed by atoms with E-state index in [1.165, 1.54) is 0 Å². The quantitative estimate of drug-likeness (QED) is 0.617. The third-order valence-corrected chi connectivity index (χ3v) is 1.87. The second-order valence-electron chi connectivity index (χ2n) is 3.48. The van der Waals surface area contributed by atoms with Gasteiger partial charge in [-0.3, -0.25) is 0 Å². The molecule has 0 aromatic carbocycles. The van der Waals surface area contributed by atoms with Gasteiger partial charge in [0.1, 0.15) is 6.61 Å². The molecule has 18 heavy (non-hydrogen) atoms. The summed E-state index contributed by atoms with van der Waals surface area (Å²) in [6, 6.07) is -0.563. The van der Waals surface area contributed by atoms with E-state index in [0.29, 0.717) is 0 Å². The average molecular weight is 263 g/mol. The van der Waals surface area contributed by atoms with E-state index >= 15 is 0 Å². The van der Waals surface area contributed by atoms with Crippen molar-refractivity contribution in [1.82, 2.24) is 10.1 Å². The molecule has 0 saturated carbocycles. The smallest absolute Gasteiger partial charge is 0.372 e. The number of hydrogen-bond donors (Lipinski definition) is 1. The van der Waals surface area contributed by atoms with Crippen molar-refractivity contribution in [2.24, 2.45) is 5.73 Å². The average Bonchev–Trinajstić information content (AvgIpc) is 2.72. The van der Waals surface area contributed by atoms with E-state index in [4.69, 9.17) is 16.7 Å². The molecule has 0 amide bonds. The Morgan fingerprint density at radius 3 is 2.83 bits per heavy atom. The third kappa shape index (κ3) is 5.16. The van der Waals surface area contributed by atoms with Crippen LogP contribution in [0, 0.1) is 12.3 Å². The summed E-state index contributed by atoms with van der Waals surface area (Å²) >= 11 is 0. The molecule has 1 aromatic heterocycles.